The van der Waals surface area contributed by atoms with Gasteiger partial charge in [0.25, 0.3) is 0 Å². The zero-order chi connectivity index (χ0) is 11.8. The van der Waals surface area contributed by atoms with Crippen molar-refractivity contribution in [2.45, 2.75) is 19.3 Å². The number of nitrogens with zero attached hydrogens (tertiary/aromatic N) is 2. The van der Waals surface area contributed by atoms with Crippen molar-refractivity contribution in [1.29, 1.82) is 0 Å². The van der Waals surface area contributed by atoms with Gasteiger partial charge in [-0.3, -0.25) is 14.2 Å². The van der Waals surface area contributed by atoms with E-state index in [1.54, 1.807) is 12.4 Å². The molecule has 86 valence electrons. The Morgan fingerprint density at radius 3 is 2.94 bits per heavy atom. The van der Waals surface area contributed by atoms with E-state index in [1.165, 1.54) is 17.4 Å². The van der Waals surface area contributed by atoms with Crippen LogP contribution >= 0.6 is 11.3 Å². The number of carbonyl (C=O) groups is 1. The van der Waals surface area contributed by atoms with Crippen molar-refractivity contribution < 1.29 is 4.79 Å². The second-order valence-electron chi connectivity index (χ2n) is 3.96. The molecule has 0 radical (unpaired) electrons. The van der Waals surface area contributed by atoms with Gasteiger partial charge in [0.2, 0.25) is 0 Å². The van der Waals surface area contributed by atoms with Gasteiger partial charge < -0.3 is 0 Å². The Morgan fingerprint density at radius 1 is 1.29 bits per heavy atom. The van der Waals surface area contributed by atoms with Gasteiger partial charge in [0.05, 0.1) is 5.56 Å². The minimum absolute atomic E-state index is 0.0397. The lowest BCUT2D eigenvalue weighted by Crippen LogP contribution is -2.25. The Labute approximate surface area is 102 Å². The maximum Gasteiger partial charge on any atom is 0.193 e. The Balaban J connectivity index is 2.29. The van der Waals surface area contributed by atoms with E-state index in [1.807, 2.05) is 9.95 Å². The molecule has 0 saturated carbocycles. The van der Waals surface area contributed by atoms with Gasteiger partial charge in [0.1, 0.15) is 0 Å². The third kappa shape index (κ3) is 1.63. The van der Waals surface area contributed by atoms with E-state index in [9.17, 15) is 9.59 Å². The van der Waals surface area contributed by atoms with Gasteiger partial charge in [-0.15, -0.1) is 11.3 Å². The summed E-state index contributed by atoms with van der Waals surface area (Å²) < 4.78 is 1.86. The van der Waals surface area contributed by atoms with Crippen LogP contribution in [0.15, 0.2) is 28.6 Å². The van der Waals surface area contributed by atoms with Crippen molar-refractivity contribution in [3.05, 3.63) is 45.3 Å². The molecular weight excluding hydrogens is 236 g/mol. The number of thiazole rings is 1. The van der Waals surface area contributed by atoms with Crippen molar-refractivity contribution in [3.8, 4) is 5.13 Å². The second kappa shape index (κ2) is 3.92. The Morgan fingerprint density at radius 2 is 2.18 bits per heavy atom. The molecule has 2 aromatic heterocycles. The number of fused-ring (bicyclic) bond motifs is 1. The number of aromatic nitrogens is 2. The molecule has 2 aromatic rings. The highest BCUT2D eigenvalue weighted by atomic mass is 32.1. The van der Waals surface area contributed by atoms with Crippen molar-refractivity contribution >= 4 is 17.1 Å². The lowest BCUT2D eigenvalue weighted by Gasteiger charge is -2.18. The number of ketones is 1. The highest BCUT2D eigenvalue weighted by molar-refractivity contribution is 7.12. The van der Waals surface area contributed by atoms with Crippen LogP contribution in [0.5, 0.6) is 0 Å². The number of hydrogen-bond donors (Lipinski definition) is 0. The second-order valence-corrected chi connectivity index (χ2v) is 4.84. The third-order valence-corrected chi connectivity index (χ3v) is 3.69. The number of pyridine rings is 1. The fourth-order valence-corrected chi connectivity index (χ4v) is 2.83. The highest BCUT2D eigenvalue weighted by Crippen LogP contribution is 2.22. The average molecular weight is 246 g/mol. The van der Waals surface area contributed by atoms with E-state index in [2.05, 4.69) is 4.98 Å². The topological polar surface area (TPSA) is 52.0 Å². The molecule has 5 heteroatoms. The van der Waals surface area contributed by atoms with Crippen molar-refractivity contribution in [2.24, 2.45) is 0 Å². The smallest absolute Gasteiger partial charge is 0.193 e. The van der Waals surface area contributed by atoms with Crippen LogP contribution in [0.25, 0.3) is 5.13 Å². The van der Waals surface area contributed by atoms with E-state index in [0.717, 1.165) is 23.7 Å². The summed E-state index contributed by atoms with van der Waals surface area (Å²) in [6.45, 7) is 0. The molecule has 0 amide bonds. The molecule has 0 spiro atoms. The molecule has 0 bridgehead atoms. The molecule has 0 unspecified atom stereocenters. The first-order chi connectivity index (χ1) is 8.27. The van der Waals surface area contributed by atoms with Gasteiger partial charge in [-0.25, -0.2) is 4.98 Å². The molecule has 0 N–H and O–H groups in total. The van der Waals surface area contributed by atoms with Gasteiger partial charge in [0.15, 0.2) is 16.3 Å². The molecule has 0 aromatic carbocycles. The Hall–Kier alpha value is -1.75. The van der Waals surface area contributed by atoms with Gasteiger partial charge in [0, 0.05) is 36.0 Å². The summed E-state index contributed by atoms with van der Waals surface area (Å²) in [6, 6.07) is 1.45. The van der Waals surface area contributed by atoms with E-state index < -0.39 is 0 Å². The van der Waals surface area contributed by atoms with E-state index in [4.69, 9.17) is 0 Å². The van der Waals surface area contributed by atoms with Crippen LogP contribution in [0, 0.1) is 0 Å². The van der Waals surface area contributed by atoms with Crippen LogP contribution in [0.1, 0.15) is 28.9 Å². The number of rotatable bonds is 1. The predicted octanol–water partition coefficient (Wildman–Crippen LogP) is 1.81. The number of Topliss-reactive ketones (excluding diaryl/α,β-unsaturated/α-hetero) is 1. The number of hydrogen-bond acceptors (Lipinski definition) is 4. The van der Waals surface area contributed by atoms with Crippen molar-refractivity contribution in [2.75, 3.05) is 0 Å². The molecule has 17 heavy (non-hydrogen) atoms. The van der Waals surface area contributed by atoms with Gasteiger partial charge in [-0.05, 0) is 12.8 Å². The minimum atomic E-state index is -0.169. The summed E-state index contributed by atoms with van der Waals surface area (Å²) >= 11 is 1.49. The van der Waals surface area contributed by atoms with Crippen LogP contribution in [0.2, 0.25) is 0 Å². The summed E-state index contributed by atoms with van der Waals surface area (Å²) in [7, 11) is 0. The Kier molecular flexibility index (Phi) is 2.40. The fraction of sp³-hybridized carbons (Fsp3) is 0.250. The largest absolute Gasteiger partial charge is 0.296 e. The lowest BCUT2D eigenvalue weighted by atomic mass is 9.94. The molecule has 0 aliphatic heterocycles. The monoisotopic (exact) mass is 246 g/mol. The maximum absolute atomic E-state index is 11.8. The first kappa shape index (κ1) is 10.4. The average Bonchev–Trinajstić information content (AvgIpc) is 2.83. The first-order valence-corrected chi connectivity index (χ1v) is 6.33. The van der Waals surface area contributed by atoms with Crippen LogP contribution in [-0.2, 0) is 6.42 Å². The summed E-state index contributed by atoms with van der Waals surface area (Å²) in [4.78, 5) is 27.8. The van der Waals surface area contributed by atoms with Crippen molar-refractivity contribution in [1.82, 2.24) is 9.55 Å². The zero-order valence-electron chi connectivity index (χ0n) is 9.05. The minimum Gasteiger partial charge on any atom is -0.296 e. The normalized spacial score (nSPS) is 14.7. The van der Waals surface area contributed by atoms with Crippen LogP contribution in [-0.4, -0.2) is 15.3 Å². The quantitative estimate of drug-likeness (QED) is 0.771. The SMILES string of the molecule is O=C1CCCc2c1c(=O)ccn2-c1nccs1. The predicted molar refractivity (Wildman–Crippen MR) is 65.0 cm³/mol. The van der Waals surface area contributed by atoms with Crippen LogP contribution in [0.3, 0.4) is 0 Å². The molecule has 0 fully saturated rings. The third-order valence-electron chi connectivity index (χ3n) is 2.92. The molecular formula is C12H10N2O2S. The highest BCUT2D eigenvalue weighted by Gasteiger charge is 2.23. The summed E-state index contributed by atoms with van der Waals surface area (Å²) in [5.74, 6) is -0.0397. The fourth-order valence-electron chi connectivity index (χ4n) is 2.18. The van der Waals surface area contributed by atoms with Crippen LogP contribution in [0.4, 0.5) is 0 Å². The van der Waals surface area contributed by atoms with Crippen LogP contribution < -0.4 is 5.43 Å². The van der Waals surface area contributed by atoms with E-state index >= 15 is 0 Å². The number of carbonyl (C=O) groups excluding carboxylic acids is 1. The molecule has 1 aliphatic rings. The van der Waals surface area contributed by atoms with Gasteiger partial charge in [-0.1, -0.05) is 0 Å². The maximum atomic E-state index is 11.8. The molecule has 0 atom stereocenters. The zero-order valence-corrected chi connectivity index (χ0v) is 9.87. The lowest BCUT2D eigenvalue weighted by molar-refractivity contribution is 0.0970. The summed E-state index contributed by atoms with van der Waals surface area (Å²) in [5, 5.41) is 2.68. The molecule has 2 heterocycles. The molecule has 3 rings (SSSR count). The molecule has 1 aliphatic carbocycles. The van der Waals surface area contributed by atoms with E-state index in [-0.39, 0.29) is 11.2 Å². The van der Waals surface area contributed by atoms with E-state index in [0.29, 0.717) is 12.0 Å². The summed E-state index contributed by atoms with van der Waals surface area (Å²) in [6.07, 6.45) is 5.47. The molecule has 4 nitrogen and oxygen atoms in total. The van der Waals surface area contributed by atoms with Gasteiger partial charge >= 0.3 is 0 Å². The molecule has 0 saturated heterocycles. The first-order valence-electron chi connectivity index (χ1n) is 5.45. The summed E-state index contributed by atoms with van der Waals surface area (Å²) in [5.41, 5.74) is 0.996. The Bertz CT molecular complexity index is 628. The standard InChI is InChI=1S/C12H10N2O2S/c15-9-3-1-2-8-11(9)10(16)4-6-14(8)12-13-5-7-17-12/h4-7H,1-3H2. The van der Waals surface area contributed by atoms with Gasteiger partial charge in [-0.2, -0.15) is 0 Å². The van der Waals surface area contributed by atoms with Crippen molar-refractivity contribution in [3.63, 3.8) is 0 Å².